The lowest BCUT2D eigenvalue weighted by Gasteiger charge is -2.24. The van der Waals surface area contributed by atoms with Gasteiger partial charge in [0.1, 0.15) is 15.8 Å². The number of hydrogen-bond donors (Lipinski definition) is 1. The first-order valence-electron chi connectivity index (χ1n) is 7.10. The van der Waals surface area contributed by atoms with Crippen LogP contribution >= 0.6 is 11.3 Å². The molecule has 5 nitrogen and oxygen atoms in total. The third kappa shape index (κ3) is 3.02. The zero-order chi connectivity index (χ0) is 13.9. The van der Waals surface area contributed by atoms with Gasteiger partial charge in [0.15, 0.2) is 0 Å². The molecule has 0 fully saturated rings. The fourth-order valence-corrected chi connectivity index (χ4v) is 3.25. The Hall–Kier alpha value is -1.40. The van der Waals surface area contributed by atoms with Gasteiger partial charge in [-0.1, -0.05) is 6.92 Å². The molecular weight excluding hydrogens is 270 g/mol. The molecule has 1 N–H and O–H groups in total. The zero-order valence-corrected chi connectivity index (χ0v) is 12.7. The first kappa shape index (κ1) is 13.6. The number of aryl methyl sites for hydroxylation is 3. The van der Waals surface area contributed by atoms with E-state index >= 15 is 0 Å². The van der Waals surface area contributed by atoms with Crippen LogP contribution in [0.15, 0.2) is 6.20 Å². The Bertz CT molecular complexity index is 595. The quantitative estimate of drug-likeness (QED) is 0.930. The Balaban J connectivity index is 1.58. The molecule has 0 aromatic carbocycles. The predicted molar refractivity (Wildman–Crippen MR) is 78.7 cm³/mol. The van der Waals surface area contributed by atoms with Crippen LogP contribution in [-0.2, 0) is 25.8 Å². The smallest absolute Gasteiger partial charge is 0.131 e. The van der Waals surface area contributed by atoms with Gasteiger partial charge in [0.2, 0.25) is 0 Å². The molecule has 1 atom stereocenters. The Kier molecular flexibility index (Phi) is 4.03. The van der Waals surface area contributed by atoms with Crippen LogP contribution in [0.2, 0.25) is 0 Å². The van der Waals surface area contributed by atoms with E-state index in [9.17, 15) is 0 Å². The molecule has 3 rings (SSSR count). The van der Waals surface area contributed by atoms with Crippen molar-refractivity contribution in [2.24, 2.45) is 0 Å². The van der Waals surface area contributed by atoms with Gasteiger partial charge in [0, 0.05) is 24.5 Å². The third-order valence-electron chi connectivity index (χ3n) is 3.62. The number of nitrogens with zero attached hydrogens (tertiary/aromatic N) is 4. The number of aromatic nitrogens is 4. The van der Waals surface area contributed by atoms with Gasteiger partial charge in [-0.2, -0.15) is 0 Å². The van der Waals surface area contributed by atoms with E-state index in [0.717, 1.165) is 48.1 Å². The molecule has 0 saturated heterocycles. The van der Waals surface area contributed by atoms with E-state index in [2.05, 4.69) is 32.4 Å². The summed E-state index contributed by atoms with van der Waals surface area (Å²) in [6.07, 6.45) is 6.11. The van der Waals surface area contributed by atoms with Crippen molar-refractivity contribution in [3.8, 4) is 0 Å². The molecule has 2 aromatic heterocycles. The first-order chi connectivity index (χ1) is 9.74. The van der Waals surface area contributed by atoms with Crippen molar-refractivity contribution in [2.75, 3.05) is 0 Å². The number of nitrogens with one attached hydrogen (secondary N) is 1. The van der Waals surface area contributed by atoms with E-state index in [1.54, 1.807) is 11.3 Å². The monoisotopic (exact) mass is 289 g/mol. The largest absolute Gasteiger partial charge is 0.307 e. The maximum Gasteiger partial charge on any atom is 0.131 e. The van der Waals surface area contributed by atoms with E-state index in [4.69, 9.17) is 0 Å². The lowest BCUT2D eigenvalue weighted by Crippen LogP contribution is -2.34. The number of rotatable bonds is 4. The minimum absolute atomic E-state index is 0.489. The minimum Gasteiger partial charge on any atom is -0.307 e. The normalized spacial score (nSPS) is 18.0. The van der Waals surface area contributed by atoms with Crippen LogP contribution in [-0.4, -0.2) is 26.2 Å². The molecule has 0 spiro atoms. The van der Waals surface area contributed by atoms with Crippen LogP contribution in [0.4, 0.5) is 0 Å². The molecule has 0 saturated carbocycles. The molecule has 0 amide bonds. The Morgan fingerprint density at radius 3 is 3.00 bits per heavy atom. The lowest BCUT2D eigenvalue weighted by atomic mass is 9.93. The first-order valence-corrected chi connectivity index (χ1v) is 7.92. The molecule has 1 aliphatic carbocycles. The van der Waals surface area contributed by atoms with E-state index in [-0.39, 0.29) is 0 Å². The summed E-state index contributed by atoms with van der Waals surface area (Å²) in [6, 6.07) is 0.489. The molecular formula is C14H19N5S. The van der Waals surface area contributed by atoms with Gasteiger partial charge in [-0.3, -0.25) is 0 Å². The SMILES string of the molecule is CCc1nnc(CNC2CCc3nc(C)ncc3C2)s1. The van der Waals surface area contributed by atoms with E-state index in [1.807, 2.05) is 13.1 Å². The van der Waals surface area contributed by atoms with Gasteiger partial charge < -0.3 is 5.32 Å². The fraction of sp³-hybridized carbons (Fsp3) is 0.571. The second kappa shape index (κ2) is 5.93. The maximum atomic E-state index is 4.52. The van der Waals surface area contributed by atoms with E-state index < -0.39 is 0 Å². The summed E-state index contributed by atoms with van der Waals surface area (Å²) in [4.78, 5) is 8.82. The van der Waals surface area contributed by atoms with Gasteiger partial charge >= 0.3 is 0 Å². The van der Waals surface area contributed by atoms with Crippen molar-refractivity contribution in [1.82, 2.24) is 25.5 Å². The minimum atomic E-state index is 0.489. The molecule has 106 valence electrons. The molecule has 2 aromatic rings. The maximum absolute atomic E-state index is 4.52. The summed E-state index contributed by atoms with van der Waals surface area (Å²) in [5, 5.41) is 14.1. The summed E-state index contributed by atoms with van der Waals surface area (Å²) < 4.78 is 0. The van der Waals surface area contributed by atoms with Crippen LogP contribution < -0.4 is 5.32 Å². The molecule has 1 aliphatic rings. The highest BCUT2D eigenvalue weighted by atomic mass is 32.1. The molecule has 6 heteroatoms. The average molecular weight is 289 g/mol. The van der Waals surface area contributed by atoms with Crippen LogP contribution in [0.1, 0.15) is 40.4 Å². The van der Waals surface area contributed by atoms with Crippen LogP contribution in [0.3, 0.4) is 0 Å². The summed E-state index contributed by atoms with van der Waals surface area (Å²) in [5.74, 6) is 0.871. The number of hydrogen-bond acceptors (Lipinski definition) is 6. The molecule has 0 bridgehead atoms. The van der Waals surface area contributed by atoms with Crippen LogP contribution in [0, 0.1) is 6.92 Å². The molecule has 0 radical (unpaired) electrons. The molecule has 2 heterocycles. The van der Waals surface area contributed by atoms with Crippen molar-refractivity contribution >= 4 is 11.3 Å². The van der Waals surface area contributed by atoms with Gasteiger partial charge in [-0.05, 0) is 38.2 Å². The summed E-state index contributed by atoms with van der Waals surface area (Å²) in [6.45, 7) is 4.87. The molecule has 0 aliphatic heterocycles. The summed E-state index contributed by atoms with van der Waals surface area (Å²) >= 11 is 1.70. The molecule has 20 heavy (non-hydrogen) atoms. The van der Waals surface area contributed by atoms with Gasteiger partial charge in [0.25, 0.3) is 0 Å². The van der Waals surface area contributed by atoms with Crippen molar-refractivity contribution in [2.45, 2.75) is 52.1 Å². The summed E-state index contributed by atoms with van der Waals surface area (Å²) in [5.41, 5.74) is 2.51. The van der Waals surface area contributed by atoms with Crippen molar-refractivity contribution < 1.29 is 0 Å². The molecule has 1 unspecified atom stereocenters. The fourth-order valence-electron chi connectivity index (χ4n) is 2.52. The topological polar surface area (TPSA) is 63.6 Å². The predicted octanol–water partition coefficient (Wildman–Crippen LogP) is 1.85. The van der Waals surface area contributed by atoms with Gasteiger partial charge in [-0.15, -0.1) is 21.5 Å². The van der Waals surface area contributed by atoms with Crippen LogP contribution in [0.25, 0.3) is 0 Å². The highest BCUT2D eigenvalue weighted by Gasteiger charge is 2.20. The van der Waals surface area contributed by atoms with E-state index in [0.29, 0.717) is 6.04 Å². The highest BCUT2D eigenvalue weighted by Crippen LogP contribution is 2.19. The van der Waals surface area contributed by atoms with Crippen molar-refractivity contribution in [1.29, 1.82) is 0 Å². The van der Waals surface area contributed by atoms with Crippen LogP contribution in [0.5, 0.6) is 0 Å². The number of fused-ring (bicyclic) bond motifs is 1. The van der Waals surface area contributed by atoms with Gasteiger partial charge in [-0.25, -0.2) is 9.97 Å². The highest BCUT2D eigenvalue weighted by molar-refractivity contribution is 7.11. The Morgan fingerprint density at radius 1 is 1.35 bits per heavy atom. The standard InChI is InChI=1S/C14H19N5S/c1-3-13-18-19-14(20-13)8-16-11-4-5-12-10(6-11)7-15-9(2)17-12/h7,11,16H,3-6,8H2,1-2H3. The average Bonchev–Trinajstić information content (AvgIpc) is 2.93. The lowest BCUT2D eigenvalue weighted by molar-refractivity contribution is 0.450. The Labute approximate surface area is 122 Å². The second-order valence-electron chi connectivity index (χ2n) is 5.15. The zero-order valence-electron chi connectivity index (χ0n) is 11.9. The second-order valence-corrected chi connectivity index (χ2v) is 6.30. The van der Waals surface area contributed by atoms with Crippen molar-refractivity contribution in [3.05, 3.63) is 33.3 Å². The van der Waals surface area contributed by atoms with Gasteiger partial charge in [0.05, 0.1) is 0 Å². The van der Waals surface area contributed by atoms with E-state index in [1.165, 1.54) is 11.3 Å². The summed E-state index contributed by atoms with van der Waals surface area (Å²) in [7, 11) is 0. The van der Waals surface area contributed by atoms with Crippen molar-refractivity contribution in [3.63, 3.8) is 0 Å². The third-order valence-corrected chi connectivity index (χ3v) is 4.69. The Morgan fingerprint density at radius 2 is 2.20 bits per heavy atom.